The summed E-state index contributed by atoms with van der Waals surface area (Å²) in [6.45, 7) is 2.38. The summed E-state index contributed by atoms with van der Waals surface area (Å²) in [7, 11) is 3.44. The SMILES string of the molecule is COC[C@H]1Cn2cc(-c3nc(Nc4cccn4C)ncc3C)nc2-c2nnc(C(F)(F)c3ccccc3Cl)n21. The van der Waals surface area contributed by atoms with E-state index in [1.54, 1.807) is 12.3 Å². The Morgan fingerprint density at radius 2 is 1.95 bits per heavy atom. The number of fused-ring (bicyclic) bond motifs is 3. The molecular weight excluding hydrogens is 528 g/mol. The fourth-order valence-electron chi connectivity index (χ4n) is 4.78. The van der Waals surface area contributed by atoms with Gasteiger partial charge in [-0.15, -0.1) is 10.2 Å². The van der Waals surface area contributed by atoms with Gasteiger partial charge in [-0.1, -0.05) is 29.8 Å². The zero-order chi connectivity index (χ0) is 27.3. The number of imidazole rings is 1. The van der Waals surface area contributed by atoms with Crippen LogP contribution >= 0.6 is 11.6 Å². The number of aryl methyl sites for hydroxylation is 2. The van der Waals surface area contributed by atoms with Crippen LogP contribution in [0.3, 0.4) is 0 Å². The summed E-state index contributed by atoms with van der Waals surface area (Å²) in [5, 5.41) is 11.2. The Kier molecular flexibility index (Phi) is 6.15. The number of aromatic nitrogens is 8. The van der Waals surface area contributed by atoms with Gasteiger partial charge in [-0.3, -0.25) is 4.57 Å². The molecule has 0 fully saturated rings. The van der Waals surface area contributed by atoms with E-state index in [0.29, 0.717) is 29.7 Å². The van der Waals surface area contributed by atoms with Crippen molar-refractivity contribution in [3.05, 3.63) is 77.0 Å². The number of hydrogen-bond donors (Lipinski definition) is 1. The molecule has 1 aliphatic rings. The fourth-order valence-corrected chi connectivity index (χ4v) is 5.04. The Labute approximate surface area is 227 Å². The quantitative estimate of drug-likeness (QED) is 0.304. The van der Waals surface area contributed by atoms with Gasteiger partial charge in [-0.2, -0.15) is 8.78 Å². The second-order valence-electron chi connectivity index (χ2n) is 9.34. The van der Waals surface area contributed by atoms with Gasteiger partial charge in [0, 0.05) is 44.9 Å². The summed E-state index contributed by atoms with van der Waals surface area (Å²) in [6, 6.07) is 9.15. The molecule has 0 radical (unpaired) electrons. The molecule has 0 aliphatic carbocycles. The molecule has 13 heteroatoms. The third-order valence-electron chi connectivity index (χ3n) is 6.69. The van der Waals surface area contributed by atoms with Gasteiger partial charge in [0.05, 0.1) is 23.4 Å². The van der Waals surface area contributed by atoms with E-state index in [1.807, 2.05) is 47.6 Å². The molecule has 4 aromatic heterocycles. The normalized spacial score (nSPS) is 14.8. The number of rotatable bonds is 7. The number of methoxy groups -OCH3 is 1. The molecule has 0 spiro atoms. The van der Waals surface area contributed by atoms with Crippen molar-refractivity contribution in [2.75, 3.05) is 19.0 Å². The smallest absolute Gasteiger partial charge is 0.333 e. The lowest BCUT2D eigenvalue weighted by molar-refractivity contribution is 0.0235. The number of nitrogens with zero attached hydrogens (tertiary/aromatic N) is 8. The van der Waals surface area contributed by atoms with Crippen LogP contribution in [0.4, 0.5) is 20.5 Å². The van der Waals surface area contributed by atoms with Crippen LogP contribution in [0.2, 0.25) is 5.02 Å². The van der Waals surface area contributed by atoms with Gasteiger partial charge in [-0.25, -0.2) is 15.0 Å². The van der Waals surface area contributed by atoms with Crippen LogP contribution in [0.25, 0.3) is 23.0 Å². The molecule has 1 aliphatic heterocycles. The average molecular weight is 552 g/mol. The number of benzene rings is 1. The summed E-state index contributed by atoms with van der Waals surface area (Å²) >= 11 is 6.14. The number of alkyl halides is 2. The Bertz CT molecular complexity index is 1680. The van der Waals surface area contributed by atoms with E-state index in [-0.39, 0.29) is 23.0 Å². The largest absolute Gasteiger partial charge is 0.382 e. The Hall–Kier alpha value is -4.16. The van der Waals surface area contributed by atoms with Gasteiger partial charge >= 0.3 is 5.92 Å². The van der Waals surface area contributed by atoms with Gasteiger partial charge in [0.15, 0.2) is 5.82 Å². The zero-order valence-corrected chi connectivity index (χ0v) is 22.1. The van der Waals surface area contributed by atoms with Crippen molar-refractivity contribution in [1.82, 2.24) is 38.9 Å². The highest BCUT2D eigenvalue weighted by Crippen LogP contribution is 2.42. The van der Waals surface area contributed by atoms with Crippen LogP contribution in [-0.4, -0.2) is 52.6 Å². The zero-order valence-electron chi connectivity index (χ0n) is 21.3. The van der Waals surface area contributed by atoms with E-state index in [1.165, 1.54) is 29.9 Å². The van der Waals surface area contributed by atoms with Crippen molar-refractivity contribution < 1.29 is 13.5 Å². The summed E-state index contributed by atoms with van der Waals surface area (Å²) in [5.74, 6) is -2.16. The van der Waals surface area contributed by atoms with Crippen molar-refractivity contribution in [2.24, 2.45) is 7.05 Å². The first-order valence-corrected chi connectivity index (χ1v) is 12.5. The van der Waals surface area contributed by atoms with Crippen LogP contribution < -0.4 is 5.32 Å². The monoisotopic (exact) mass is 551 g/mol. The van der Waals surface area contributed by atoms with E-state index >= 15 is 8.78 Å². The second kappa shape index (κ2) is 9.54. The maximum absolute atomic E-state index is 15.8. The van der Waals surface area contributed by atoms with Gasteiger partial charge in [0.2, 0.25) is 17.6 Å². The summed E-state index contributed by atoms with van der Waals surface area (Å²) < 4.78 is 42.2. The van der Waals surface area contributed by atoms with E-state index in [4.69, 9.17) is 26.3 Å². The number of halogens is 3. The maximum atomic E-state index is 15.8. The highest BCUT2D eigenvalue weighted by atomic mass is 35.5. The Morgan fingerprint density at radius 3 is 2.69 bits per heavy atom. The molecule has 0 amide bonds. The van der Waals surface area contributed by atoms with E-state index in [0.717, 1.165) is 11.4 Å². The van der Waals surface area contributed by atoms with Crippen molar-refractivity contribution in [2.45, 2.75) is 25.4 Å². The minimum Gasteiger partial charge on any atom is -0.382 e. The third-order valence-corrected chi connectivity index (χ3v) is 7.02. The van der Waals surface area contributed by atoms with Crippen LogP contribution in [0.5, 0.6) is 0 Å². The molecule has 39 heavy (non-hydrogen) atoms. The van der Waals surface area contributed by atoms with Gasteiger partial charge in [-0.05, 0) is 30.7 Å². The summed E-state index contributed by atoms with van der Waals surface area (Å²) in [6.07, 6.45) is 5.46. The van der Waals surface area contributed by atoms with Gasteiger partial charge in [0.1, 0.15) is 11.5 Å². The Balaban J connectivity index is 1.43. The lowest BCUT2D eigenvalue weighted by Gasteiger charge is -2.28. The highest BCUT2D eigenvalue weighted by molar-refractivity contribution is 6.31. The van der Waals surface area contributed by atoms with Gasteiger partial charge in [0.25, 0.3) is 0 Å². The molecular formula is C26H24ClF2N9O. The number of anilines is 2. The van der Waals surface area contributed by atoms with Crippen LogP contribution in [0, 0.1) is 6.92 Å². The number of ether oxygens (including phenoxy) is 1. The molecule has 5 heterocycles. The van der Waals surface area contributed by atoms with Crippen molar-refractivity contribution >= 4 is 23.4 Å². The first-order chi connectivity index (χ1) is 18.8. The molecule has 5 aromatic rings. The molecule has 0 saturated carbocycles. The van der Waals surface area contributed by atoms with E-state index in [9.17, 15) is 0 Å². The molecule has 0 bridgehead atoms. The van der Waals surface area contributed by atoms with Crippen molar-refractivity contribution in [3.63, 3.8) is 0 Å². The first-order valence-electron chi connectivity index (χ1n) is 12.1. The first kappa shape index (κ1) is 25.1. The minimum atomic E-state index is -3.49. The highest BCUT2D eigenvalue weighted by Gasteiger charge is 2.45. The molecule has 0 saturated heterocycles. The molecule has 6 rings (SSSR count). The molecule has 1 N–H and O–H groups in total. The lowest BCUT2D eigenvalue weighted by atomic mass is 10.1. The second-order valence-corrected chi connectivity index (χ2v) is 9.74. The predicted octanol–water partition coefficient (Wildman–Crippen LogP) is 4.98. The van der Waals surface area contributed by atoms with Crippen LogP contribution in [0.1, 0.15) is 23.0 Å². The van der Waals surface area contributed by atoms with Gasteiger partial charge < -0.3 is 19.2 Å². The van der Waals surface area contributed by atoms with Crippen LogP contribution in [-0.2, 0) is 24.3 Å². The standard InChI is InChI=1S/C26H24ClF2N9O/c1-15-11-30-25(32-20-9-6-10-36(20)2)33-21(15)19-13-37-12-16(14-39-3)38-23(22(37)31-19)34-35-24(38)26(28,29)17-7-4-5-8-18(17)27/h4-11,13,16H,12,14H2,1-3H3,(H,30,32,33)/t16-/m1/s1. The molecule has 200 valence electrons. The molecule has 1 atom stereocenters. The third kappa shape index (κ3) is 4.25. The fraction of sp³-hybridized carbons (Fsp3) is 0.269. The van der Waals surface area contributed by atoms with Crippen LogP contribution in [0.15, 0.2) is 55.0 Å². The predicted molar refractivity (Wildman–Crippen MR) is 141 cm³/mol. The van der Waals surface area contributed by atoms with Crippen molar-refractivity contribution in [3.8, 4) is 23.0 Å². The van der Waals surface area contributed by atoms with Crippen molar-refractivity contribution in [1.29, 1.82) is 0 Å². The lowest BCUT2D eigenvalue weighted by Crippen LogP contribution is -2.31. The van der Waals surface area contributed by atoms with E-state index < -0.39 is 17.8 Å². The minimum absolute atomic E-state index is 0.0540. The number of nitrogens with one attached hydrogen (secondary N) is 1. The van der Waals surface area contributed by atoms with E-state index in [2.05, 4.69) is 20.5 Å². The molecule has 10 nitrogen and oxygen atoms in total. The topological polar surface area (TPSA) is 100 Å². The summed E-state index contributed by atoms with van der Waals surface area (Å²) in [5.41, 5.74) is 1.64. The maximum Gasteiger partial charge on any atom is 0.333 e. The Morgan fingerprint density at radius 1 is 1.13 bits per heavy atom. The number of hydrogen-bond acceptors (Lipinski definition) is 7. The molecule has 1 aromatic carbocycles. The summed E-state index contributed by atoms with van der Waals surface area (Å²) in [4.78, 5) is 13.9. The molecule has 0 unspecified atom stereocenters. The average Bonchev–Trinajstić information content (AvgIpc) is 3.64.